The van der Waals surface area contributed by atoms with Crippen LogP contribution in [0.25, 0.3) is 0 Å². The summed E-state index contributed by atoms with van der Waals surface area (Å²) in [5, 5.41) is 1.70. The highest BCUT2D eigenvalue weighted by atomic mass is 16.6. The van der Waals surface area contributed by atoms with Crippen LogP contribution in [-0.2, 0) is 11.3 Å². The summed E-state index contributed by atoms with van der Waals surface area (Å²) >= 11 is 0. The van der Waals surface area contributed by atoms with Crippen LogP contribution >= 0.6 is 0 Å². The summed E-state index contributed by atoms with van der Waals surface area (Å²) in [6.45, 7) is 0.226. The molecule has 0 aromatic heterocycles. The molecule has 120 valence electrons. The van der Waals surface area contributed by atoms with Gasteiger partial charge in [0.15, 0.2) is 0 Å². The highest BCUT2D eigenvalue weighted by Crippen LogP contribution is 2.22. The summed E-state index contributed by atoms with van der Waals surface area (Å²) in [5.41, 5.74) is 5.43. The Bertz CT molecular complexity index is 722. The van der Waals surface area contributed by atoms with Crippen LogP contribution in [0.5, 0.6) is 0 Å². The van der Waals surface area contributed by atoms with E-state index in [2.05, 4.69) is 5.43 Å². The van der Waals surface area contributed by atoms with Gasteiger partial charge in [0.25, 0.3) is 0 Å². The van der Waals surface area contributed by atoms with Gasteiger partial charge in [0, 0.05) is 0 Å². The molecule has 0 bridgehead atoms. The number of anilines is 2. The first-order valence-corrected chi connectivity index (χ1v) is 7.70. The monoisotopic (exact) mass is 318 g/mol. The van der Waals surface area contributed by atoms with Crippen molar-refractivity contribution >= 4 is 17.5 Å². The predicted octanol–water partition coefficient (Wildman–Crippen LogP) is 4.67. The second-order valence-corrected chi connectivity index (χ2v) is 5.18. The van der Waals surface area contributed by atoms with E-state index < -0.39 is 6.09 Å². The van der Waals surface area contributed by atoms with E-state index in [1.165, 1.54) is 0 Å². The predicted molar refractivity (Wildman–Crippen MR) is 94.8 cm³/mol. The van der Waals surface area contributed by atoms with Crippen LogP contribution in [0.2, 0.25) is 0 Å². The van der Waals surface area contributed by atoms with Crippen molar-refractivity contribution in [3.05, 3.63) is 96.6 Å². The summed E-state index contributed by atoms with van der Waals surface area (Å²) in [4.78, 5) is 12.2. The van der Waals surface area contributed by atoms with Gasteiger partial charge in [0.05, 0.1) is 11.4 Å². The fraction of sp³-hybridized carbons (Fsp3) is 0.0500. The Hall–Kier alpha value is -3.27. The summed E-state index contributed by atoms with van der Waals surface area (Å²) in [5.74, 6) is 0. The van der Waals surface area contributed by atoms with Crippen LogP contribution in [0.15, 0.2) is 91.0 Å². The maximum Gasteiger partial charge on any atom is 0.426 e. The first kappa shape index (κ1) is 15.6. The Morgan fingerprint density at radius 3 is 1.71 bits per heavy atom. The van der Waals surface area contributed by atoms with Gasteiger partial charge in [-0.25, -0.2) is 10.2 Å². The van der Waals surface area contributed by atoms with Gasteiger partial charge in [-0.3, -0.25) is 5.01 Å². The third-order valence-electron chi connectivity index (χ3n) is 3.44. The van der Waals surface area contributed by atoms with E-state index in [0.29, 0.717) is 0 Å². The fourth-order valence-electron chi connectivity index (χ4n) is 2.28. The number of nitrogens with one attached hydrogen (secondary N) is 1. The Balaban J connectivity index is 1.71. The lowest BCUT2D eigenvalue weighted by molar-refractivity contribution is 0.139. The van der Waals surface area contributed by atoms with Crippen molar-refractivity contribution in [2.24, 2.45) is 0 Å². The van der Waals surface area contributed by atoms with Crippen LogP contribution in [0.3, 0.4) is 0 Å². The molecule has 0 aliphatic heterocycles. The summed E-state index contributed by atoms with van der Waals surface area (Å²) < 4.78 is 5.31. The van der Waals surface area contributed by atoms with E-state index in [4.69, 9.17) is 4.74 Å². The molecule has 0 saturated carbocycles. The van der Waals surface area contributed by atoms with Crippen molar-refractivity contribution < 1.29 is 9.53 Å². The Kier molecular flexibility index (Phi) is 5.10. The Morgan fingerprint density at radius 2 is 1.21 bits per heavy atom. The SMILES string of the molecule is O=C(NN(c1ccccc1)c1ccccc1)OCc1ccccc1. The van der Waals surface area contributed by atoms with Gasteiger partial charge in [0.1, 0.15) is 6.61 Å². The zero-order valence-corrected chi connectivity index (χ0v) is 13.1. The molecule has 0 aliphatic carbocycles. The number of carbonyl (C=O) groups is 1. The molecule has 0 fully saturated rings. The number of hydrogen-bond donors (Lipinski definition) is 1. The van der Waals surface area contributed by atoms with Gasteiger partial charge in [0.2, 0.25) is 0 Å². The second kappa shape index (κ2) is 7.83. The quantitative estimate of drug-likeness (QED) is 0.695. The van der Waals surface area contributed by atoms with Crippen molar-refractivity contribution in [3.63, 3.8) is 0 Å². The molecule has 0 radical (unpaired) electrons. The lowest BCUT2D eigenvalue weighted by Gasteiger charge is -2.25. The average Bonchev–Trinajstić information content (AvgIpc) is 2.67. The maximum atomic E-state index is 12.2. The molecule has 3 aromatic rings. The highest BCUT2D eigenvalue weighted by Gasteiger charge is 2.13. The number of benzene rings is 3. The summed E-state index contributed by atoms with van der Waals surface area (Å²) in [6, 6.07) is 28.8. The number of amides is 1. The third-order valence-corrected chi connectivity index (χ3v) is 3.44. The van der Waals surface area contributed by atoms with Gasteiger partial charge in [-0.05, 0) is 29.8 Å². The molecule has 0 aliphatic rings. The molecule has 3 rings (SSSR count). The molecular weight excluding hydrogens is 300 g/mol. The number of hydrazine groups is 1. The summed E-state index contributed by atoms with van der Waals surface area (Å²) in [6.07, 6.45) is -0.508. The number of nitrogens with zero attached hydrogens (tertiary/aromatic N) is 1. The lowest BCUT2D eigenvalue weighted by Crippen LogP contribution is -2.39. The zero-order valence-electron chi connectivity index (χ0n) is 13.1. The first-order valence-electron chi connectivity index (χ1n) is 7.70. The number of rotatable bonds is 5. The van der Waals surface area contributed by atoms with Crippen LogP contribution < -0.4 is 10.4 Å². The minimum Gasteiger partial charge on any atom is -0.443 e. The molecule has 0 unspecified atom stereocenters. The largest absolute Gasteiger partial charge is 0.443 e. The zero-order chi connectivity index (χ0) is 16.6. The van der Waals surface area contributed by atoms with Gasteiger partial charge in [-0.2, -0.15) is 0 Å². The van der Waals surface area contributed by atoms with E-state index in [1.807, 2.05) is 91.0 Å². The van der Waals surface area contributed by atoms with E-state index in [1.54, 1.807) is 5.01 Å². The summed E-state index contributed by atoms with van der Waals surface area (Å²) in [7, 11) is 0. The standard InChI is InChI=1S/C20H18N2O2/c23-20(24-16-17-10-4-1-5-11-17)21-22(18-12-6-2-7-13-18)19-14-8-3-9-15-19/h1-15H,16H2,(H,21,23). The molecule has 0 atom stereocenters. The number of hydrogen-bond acceptors (Lipinski definition) is 3. The second-order valence-electron chi connectivity index (χ2n) is 5.18. The molecule has 0 heterocycles. The van der Waals surface area contributed by atoms with Crippen LogP contribution in [0.1, 0.15) is 5.56 Å². The van der Waals surface area contributed by atoms with Crippen LogP contribution in [0, 0.1) is 0 Å². The van der Waals surface area contributed by atoms with Crippen molar-refractivity contribution in [3.8, 4) is 0 Å². The van der Waals surface area contributed by atoms with E-state index in [-0.39, 0.29) is 6.61 Å². The number of ether oxygens (including phenoxy) is 1. The van der Waals surface area contributed by atoms with Crippen LogP contribution in [-0.4, -0.2) is 6.09 Å². The van der Waals surface area contributed by atoms with Gasteiger partial charge >= 0.3 is 6.09 Å². The Labute approximate surface area is 141 Å². The highest BCUT2D eigenvalue weighted by molar-refractivity contribution is 5.74. The van der Waals surface area contributed by atoms with Gasteiger partial charge < -0.3 is 4.74 Å². The minimum absolute atomic E-state index is 0.226. The molecule has 4 heteroatoms. The number of para-hydroxylation sites is 2. The Morgan fingerprint density at radius 1 is 0.750 bits per heavy atom. The van der Waals surface area contributed by atoms with Crippen molar-refractivity contribution in [2.45, 2.75) is 6.61 Å². The average molecular weight is 318 g/mol. The molecule has 4 nitrogen and oxygen atoms in total. The minimum atomic E-state index is -0.508. The molecule has 3 aromatic carbocycles. The topological polar surface area (TPSA) is 41.6 Å². The van der Waals surface area contributed by atoms with E-state index in [0.717, 1.165) is 16.9 Å². The molecule has 0 spiro atoms. The normalized spacial score (nSPS) is 10.0. The van der Waals surface area contributed by atoms with Crippen molar-refractivity contribution in [1.82, 2.24) is 5.43 Å². The molecule has 1 amide bonds. The molecule has 0 saturated heterocycles. The smallest absolute Gasteiger partial charge is 0.426 e. The lowest BCUT2D eigenvalue weighted by atomic mass is 10.2. The maximum absolute atomic E-state index is 12.2. The molecule has 1 N–H and O–H groups in total. The fourth-order valence-corrected chi connectivity index (χ4v) is 2.28. The molecule has 24 heavy (non-hydrogen) atoms. The van der Waals surface area contributed by atoms with Crippen LogP contribution in [0.4, 0.5) is 16.2 Å². The van der Waals surface area contributed by atoms with E-state index in [9.17, 15) is 4.79 Å². The van der Waals surface area contributed by atoms with Crippen molar-refractivity contribution in [1.29, 1.82) is 0 Å². The molecular formula is C20H18N2O2. The van der Waals surface area contributed by atoms with Crippen molar-refractivity contribution in [2.75, 3.05) is 5.01 Å². The third kappa shape index (κ3) is 4.14. The van der Waals surface area contributed by atoms with Gasteiger partial charge in [-0.15, -0.1) is 0 Å². The van der Waals surface area contributed by atoms with Gasteiger partial charge in [-0.1, -0.05) is 66.7 Å². The van der Waals surface area contributed by atoms with E-state index >= 15 is 0 Å². The number of carbonyl (C=O) groups excluding carboxylic acids is 1. The first-order chi connectivity index (χ1) is 11.8.